The van der Waals surface area contributed by atoms with Crippen LogP contribution in [-0.4, -0.2) is 9.97 Å². The van der Waals surface area contributed by atoms with Gasteiger partial charge in [-0.1, -0.05) is 35.9 Å². The SMILES string of the molecule is Cc1cc(NCc2ccccc2C)nc(Nc2ccc(Cl)cc2C)n1. The topological polar surface area (TPSA) is 49.8 Å². The maximum atomic E-state index is 6.01. The Kier molecular flexibility index (Phi) is 5.19. The highest BCUT2D eigenvalue weighted by molar-refractivity contribution is 6.30. The van der Waals surface area contributed by atoms with Crippen LogP contribution in [0.15, 0.2) is 48.5 Å². The molecule has 2 N–H and O–H groups in total. The van der Waals surface area contributed by atoms with Crippen molar-refractivity contribution in [1.82, 2.24) is 9.97 Å². The monoisotopic (exact) mass is 352 g/mol. The van der Waals surface area contributed by atoms with Crippen molar-refractivity contribution in [2.75, 3.05) is 10.6 Å². The summed E-state index contributed by atoms with van der Waals surface area (Å²) in [5.41, 5.74) is 5.40. The summed E-state index contributed by atoms with van der Waals surface area (Å²) in [5.74, 6) is 1.36. The van der Waals surface area contributed by atoms with Gasteiger partial charge in [-0.3, -0.25) is 0 Å². The summed E-state index contributed by atoms with van der Waals surface area (Å²) < 4.78 is 0. The molecule has 1 heterocycles. The van der Waals surface area contributed by atoms with Crippen LogP contribution in [0.4, 0.5) is 17.5 Å². The van der Waals surface area contributed by atoms with Gasteiger partial charge >= 0.3 is 0 Å². The molecule has 0 spiro atoms. The zero-order valence-electron chi connectivity index (χ0n) is 14.6. The number of hydrogen-bond donors (Lipinski definition) is 2. The van der Waals surface area contributed by atoms with Crippen molar-refractivity contribution in [1.29, 1.82) is 0 Å². The van der Waals surface area contributed by atoms with E-state index in [1.807, 2.05) is 50.2 Å². The summed E-state index contributed by atoms with van der Waals surface area (Å²) in [5, 5.41) is 7.37. The van der Waals surface area contributed by atoms with Gasteiger partial charge < -0.3 is 10.6 Å². The lowest BCUT2D eigenvalue weighted by Gasteiger charge is -2.12. The molecule has 0 amide bonds. The summed E-state index contributed by atoms with van der Waals surface area (Å²) in [6, 6.07) is 16.0. The number of aromatic nitrogens is 2. The first-order chi connectivity index (χ1) is 12.0. The quantitative estimate of drug-likeness (QED) is 0.644. The fraction of sp³-hybridized carbons (Fsp3) is 0.200. The van der Waals surface area contributed by atoms with E-state index in [4.69, 9.17) is 11.6 Å². The van der Waals surface area contributed by atoms with E-state index in [0.717, 1.165) is 29.3 Å². The molecule has 5 heteroatoms. The van der Waals surface area contributed by atoms with E-state index in [1.54, 1.807) is 0 Å². The molecule has 0 unspecified atom stereocenters. The third kappa shape index (κ3) is 4.48. The van der Waals surface area contributed by atoms with Crippen LogP contribution in [0, 0.1) is 20.8 Å². The molecule has 0 aliphatic rings. The molecule has 3 rings (SSSR count). The van der Waals surface area contributed by atoms with E-state index < -0.39 is 0 Å². The summed E-state index contributed by atoms with van der Waals surface area (Å²) in [4.78, 5) is 9.04. The average Bonchev–Trinajstić information content (AvgIpc) is 2.56. The molecular formula is C20H21ClN4. The molecule has 4 nitrogen and oxygen atoms in total. The molecular weight excluding hydrogens is 332 g/mol. The van der Waals surface area contributed by atoms with Crippen molar-refractivity contribution in [3.63, 3.8) is 0 Å². The number of anilines is 3. The predicted molar refractivity (Wildman–Crippen MR) is 105 cm³/mol. The van der Waals surface area contributed by atoms with Gasteiger partial charge in [0.15, 0.2) is 0 Å². The fourth-order valence-corrected chi connectivity index (χ4v) is 2.82. The molecule has 0 radical (unpaired) electrons. The van der Waals surface area contributed by atoms with Crippen molar-refractivity contribution in [2.24, 2.45) is 0 Å². The van der Waals surface area contributed by atoms with E-state index >= 15 is 0 Å². The second-order valence-corrected chi connectivity index (χ2v) is 6.52. The van der Waals surface area contributed by atoms with Crippen LogP contribution < -0.4 is 10.6 Å². The number of rotatable bonds is 5. The first kappa shape index (κ1) is 17.2. The Morgan fingerprint density at radius 3 is 2.48 bits per heavy atom. The van der Waals surface area contributed by atoms with Gasteiger partial charge in [0, 0.05) is 29.0 Å². The minimum Gasteiger partial charge on any atom is -0.366 e. The van der Waals surface area contributed by atoms with Gasteiger partial charge in [-0.15, -0.1) is 0 Å². The zero-order chi connectivity index (χ0) is 17.8. The van der Waals surface area contributed by atoms with Crippen molar-refractivity contribution < 1.29 is 0 Å². The maximum Gasteiger partial charge on any atom is 0.229 e. The molecule has 0 aliphatic carbocycles. The van der Waals surface area contributed by atoms with Crippen LogP contribution in [-0.2, 0) is 6.54 Å². The Hall–Kier alpha value is -2.59. The maximum absolute atomic E-state index is 6.01. The van der Waals surface area contributed by atoms with Crippen LogP contribution in [0.2, 0.25) is 5.02 Å². The normalized spacial score (nSPS) is 10.6. The molecule has 2 aromatic carbocycles. The summed E-state index contributed by atoms with van der Waals surface area (Å²) in [6.45, 7) is 6.79. The van der Waals surface area contributed by atoms with E-state index in [0.29, 0.717) is 11.0 Å². The number of halogens is 1. The third-order valence-electron chi connectivity index (χ3n) is 4.01. The number of aryl methyl sites for hydroxylation is 3. The van der Waals surface area contributed by atoms with E-state index in [9.17, 15) is 0 Å². The minimum absolute atomic E-state index is 0.567. The standard InChI is InChI=1S/C20H21ClN4/c1-13-6-4-5-7-16(13)12-22-19-11-15(3)23-20(25-19)24-18-9-8-17(21)10-14(18)2/h4-11H,12H2,1-3H3,(H2,22,23,24,25). The van der Waals surface area contributed by atoms with Gasteiger partial charge in [-0.25, -0.2) is 4.98 Å². The average molecular weight is 353 g/mol. The second-order valence-electron chi connectivity index (χ2n) is 6.08. The van der Waals surface area contributed by atoms with Gasteiger partial charge in [0.25, 0.3) is 0 Å². The van der Waals surface area contributed by atoms with E-state index in [2.05, 4.69) is 39.7 Å². The zero-order valence-corrected chi connectivity index (χ0v) is 15.4. The Balaban J connectivity index is 1.77. The highest BCUT2D eigenvalue weighted by Crippen LogP contribution is 2.23. The lowest BCUT2D eigenvalue weighted by molar-refractivity contribution is 1.05. The Morgan fingerprint density at radius 1 is 0.920 bits per heavy atom. The molecule has 0 saturated heterocycles. The van der Waals surface area contributed by atoms with Gasteiger partial charge in [0.2, 0.25) is 5.95 Å². The van der Waals surface area contributed by atoms with Crippen LogP contribution in [0.5, 0.6) is 0 Å². The summed E-state index contributed by atoms with van der Waals surface area (Å²) in [6.07, 6.45) is 0. The van der Waals surface area contributed by atoms with Gasteiger partial charge in [0.1, 0.15) is 5.82 Å². The molecule has 0 bridgehead atoms. The van der Waals surface area contributed by atoms with Gasteiger partial charge in [0.05, 0.1) is 0 Å². The predicted octanol–water partition coefficient (Wildman–Crippen LogP) is 5.41. The Bertz CT molecular complexity index is 893. The number of nitrogens with zero attached hydrogens (tertiary/aromatic N) is 2. The Morgan fingerprint density at radius 2 is 1.72 bits per heavy atom. The van der Waals surface area contributed by atoms with Crippen molar-refractivity contribution in [3.8, 4) is 0 Å². The van der Waals surface area contributed by atoms with Crippen molar-refractivity contribution >= 4 is 29.1 Å². The molecule has 128 valence electrons. The number of benzene rings is 2. The highest BCUT2D eigenvalue weighted by atomic mass is 35.5. The van der Waals surface area contributed by atoms with Crippen molar-refractivity contribution in [3.05, 3.63) is 75.9 Å². The molecule has 0 fully saturated rings. The van der Waals surface area contributed by atoms with Crippen LogP contribution in [0.1, 0.15) is 22.4 Å². The minimum atomic E-state index is 0.567. The van der Waals surface area contributed by atoms with Crippen LogP contribution >= 0.6 is 11.6 Å². The van der Waals surface area contributed by atoms with Crippen molar-refractivity contribution in [2.45, 2.75) is 27.3 Å². The molecule has 25 heavy (non-hydrogen) atoms. The lowest BCUT2D eigenvalue weighted by Crippen LogP contribution is -2.06. The van der Waals surface area contributed by atoms with Gasteiger partial charge in [-0.2, -0.15) is 4.98 Å². The van der Waals surface area contributed by atoms with E-state index in [-0.39, 0.29) is 0 Å². The molecule has 0 saturated carbocycles. The molecule has 1 aromatic heterocycles. The number of hydrogen-bond acceptors (Lipinski definition) is 4. The molecule has 0 aliphatic heterocycles. The first-order valence-corrected chi connectivity index (χ1v) is 8.56. The fourth-order valence-electron chi connectivity index (χ4n) is 2.60. The van der Waals surface area contributed by atoms with Crippen LogP contribution in [0.25, 0.3) is 0 Å². The smallest absolute Gasteiger partial charge is 0.229 e. The summed E-state index contributed by atoms with van der Waals surface area (Å²) >= 11 is 6.01. The first-order valence-electron chi connectivity index (χ1n) is 8.18. The summed E-state index contributed by atoms with van der Waals surface area (Å²) in [7, 11) is 0. The van der Waals surface area contributed by atoms with Crippen LogP contribution in [0.3, 0.4) is 0 Å². The largest absolute Gasteiger partial charge is 0.366 e. The van der Waals surface area contributed by atoms with Gasteiger partial charge in [-0.05, 0) is 55.7 Å². The third-order valence-corrected chi connectivity index (χ3v) is 4.25. The second kappa shape index (κ2) is 7.53. The van der Waals surface area contributed by atoms with E-state index in [1.165, 1.54) is 11.1 Å². The highest BCUT2D eigenvalue weighted by Gasteiger charge is 2.06. The lowest BCUT2D eigenvalue weighted by atomic mass is 10.1. The molecule has 0 atom stereocenters. The molecule has 3 aromatic rings. The Labute approximate surface area is 153 Å². The number of nitrogens with one attached hydrogen (secondary N) is 2.